The fourth-order valence-electron chi connectivity index (χ4n) is 3.26. The molecule has 2 heterocycles. The molecule has 0 N–H and O–H groups in total. The number of rotatable bonds is 6. The van der Waals surface area contributed by atoms with Crippen molar-refractivity contribution in [1.29, 1.82) is 0 Å². The van der Waals surface area contributed by atoms with Crippen molar-refractivity contribution in [2.24, 2.45) is 0 Å². The Morgan fingerprint density at radius 2 is 2.03 bits per heavy atom. The van der Waals surface area contributed by atoms with Gasteiger partial charge in [-0.3, -0.25) is 14.5 Å². The van der Waals surface area contributed by atoms with E-state index in [9.17, 15) is 9.59 Å². The summed E-state index contributed by atoms with van der Waals surface area (Å²) < 4.78 is 5.62. The lowest BCUT2D eigenvalue weighted by Gasteiger charge is -2.11. The Labute approximate surface area is 177 Å². The Bertz CT molecular complexity index is 1040. The van der Waals surface area contributed by atoms with E-state index in [0.717, 1.165) is 17.5 Å². The number of carbonyl (C=O) groups is 2. The molecule has 2 aromatic carbocycles. The van der Waals surface area contributed by atoms with Crippen LogP contribution in [0.2, 0.25) is 5.02 Å². The van der Waals surface area contributed by atoms with E-state index in [1.165, 1.54) is 11.3 Å². The topological polar surface area (TPSA) is 59.5 Å². The molecule has 0 unspecified atom stereocenters. The number of hydrogen-bond donors (Lipinski definition) is 0. The van der Waals surface area contributed by atoms with Gasteiger partial charge in [-0.25, -0.2) is 4.98 Å². The summed E-state index contributed by atoms with van der Waals surface area (Å²) >= 11 is 7.52. The highest BCUT2D eigenvalue weighted by Crippen LogP contribution is 2.28. The van der Waals surface area contributed by atoms with Crippen LogP contribution in [0.5, 0.6) is 5.75 Å². The number of halogens is 1. The highest BCUT2D eigenvalue weighted by molar-refractivity contribution is 7.14. The van der Waals surface area contributed by atoms with Crippen LogP contribution in [0.1, 0.15) is 29.7 Å². The highest BCUT2D eigenvalue weighted by Gasteiger charge is 2.24. The van der Waals surface area contributed by atoms with E-state index in [4.69, 9.17) is 16.3 Å². The summed E-state index contributed by atoms with van der Waals surface area (Å²) in [6, 6.07) is 15.2. The van der Waals surface area contributed by atoms with Gasteiger partial charge in [0.15, 0.2) is 5.13 Å². The van der Waals surface area contributed by atoms with Gasteiger partial charge in [0, 0.05) is 35.4 Å². The summed E-state index contributed by atoms with van der Waals surface area (Å²) in [5.74, 6) is 0.180. The zero-order valence-corrected chi connectivity index (χ0v) is 17.2. The Morgan fingerprint density at radius 1 is 1.21 bits per heavy atom. The van der Waals surface area contributed by atoms with Gasteiger partial charge in [0.2, 0.25) is 5.91 Å². The number of nitrogens with zero attached hydrogens (tertiary/aromatic N) is 2. The molecule has 0 spiro atoms. The first-order valence-electron chi connectivity index (χ1n) is 9.36. The van der Waals surface area contributed by atoms with Crippen LogP contribution >= 0.6 is 22.9 Å². The van der Waals surface area contributed by atoms with Crippen molar-refractivity contribution in [2.45, 2.75) is 25.7 Å². The van der Waals surface area contributed by atoms with Crippen LogP contribution in [-0.2, 0) is 22.4 Å². The Morgan fingerprint density at radius 3 is 2.79 bits per heavy atom. The molecule has 0 bridgehead atoms. The number of aromatic nitrogens is 1. The van der Waals surface area contributed by atoms with Gasteiger partial charge in [-0.15, -0.1) is 11.3 Å². The number of thiazole rings is 1. The predicted molar refractivity (Wildman–Crippen MR) is 114 cm³/mol. The molecule has 1 amide bonds. The Kier molecular flexibility index (Phi) is 5.92. The van der Waals surface area contributed by atoms with Crippen LogP contribution in [0.25, 0.3) is 0 Å². The second-order valence-corrected chi connectivity index (χ2v) is 8.11. The molecule has 1 aliphatic rings. The maximum atomic E-state index is 12.5. The minimum atomic E-state index is -0.397. The number of hydrogen-bond acceptors (Lipinski definition) is 5. The van der Waals surface area contributed by atoms with Crippen molar-refractivity contribution in [3.05, 3.63) is 75.8 Å². The van der Waals surface area contributed by atoms with E-state index in [0.29, 0.717) is 41.0 Å². The second kappa shape index (κ2) is 8.76. The van der Waals surface area contributed by atoms with Crippen molar-refractivity contribution < 1.29 is 14.3 Å². The smallest absolute Gasteiger partial charge is 0.317 e. The molecule has 4 rings (SSSR count). The lowest BCUT2D eigenvalue weighted by atomic mass is 10.0. The monoisotopic (exact) mass is 426 g/mol. The van der Waals surface area contributed by atoms with Crippen LogP contribution in [0.15, 0.2) is 53.9 Å². The van der Waals surface area contributed by atoms with Crippen LogP contribution in [0.4, 0.5) is 5.13 Å². The number of carbonyl (C=O) groups excluding carboxylic acids is 2. The van der Waals surface area contributed by atoms with Gasteiger partial charge in [-0.05, 0) is 30.2 Å². The van der Waals surface area contributed by atoms with Gasteiger partial charge in [0.25, 0.3) is 0 Å². The van der Waals surface area contributed by atoms with Gasteiger partial charge in [-0.2, -0.15) is 0 Å². The summed E-state index contributed by atoms with van der Waals surface area (Å²) in [7, 11) is 0. The standard InChI is InChI=1S/C22H19ClN2O3S/c23-17-8-9-19(16(12-17)11-15-5-2-1-3-6-15)28-21(27)13-18-14-29-22(24-18)25-10-4-7-20(25)26/h1-3,5-6,8-9,12,14H,4,7,10-11,13H2. The van der Waals surface area contributed by atoms with Crippen LogP contribution in [0, 0.1) is 0 Å². The summed E-state index contributed by atoms with van der Waals surface area (Å²) in [6.07, 6.45) is 2.06. The van der Waals surface area contributed by atoms with E-state index in [1.807, 2.05) is 36.4 Å². The molecule has 1 fully saturated rings. The molecule has 0 atom stereocenters. The van der Waals surface area contributed by atoms with E-state index >= 15 is 0 Å². The fraction of sp³-hybridized carbons (Fsp3) is 0.227. The SMILES string of the molecule is O=C(Cc1csc(N2CCCC2=O)n1)Oc1ccc(Cl)cc1Cc1ccccc1. The number of esters is 1. The first kappa shape index (κ1) is 19.6. The number of ether oxygens (including phenoxy) is 1. The van der Waals surface area contributed by atoms with Crippen molar-refractivity contribution in [1.82, 2.24) is 4.98 Å². The summed E-state index contributed by atoms with van der Waals surface area (Å²) in [5.41, 5.74) is 2.55. The van der Waals surface area contributed by atoms with Crippen molar-refractivity contribution in [2.75, 3.05) is 11.4 Å². The average molecular weight is 427 g/mol. The molecule has 7 heteroatoms. The molecule has 29 heavy (non-hydrogen) atoms. The van der Waals surface area contributed by atoms with Gasteiger partial charge < -0.3 is 4.74 Å². The molecule has 1 saturated heterocycles. The number of amides is 1. The molecule has 0 radical (unpaired) electrons. The van der Waals surface area contributed by atoms with E-state index in [2.05, 4.69) is 4.98 Å². The van der Waals surface area contributed by atoms with E-state index < -0.39 is 5.97 Å². The molecule has 0 aliphatic carbocycles. The van der Waals surface area contributed by atoms with Crippen LogP contribution in [0.3, 0.4) is 0 Å². The first-order chi connectivity index (χ1) is 14.1. The molecule has 1 aromatic heterocycles. The van der Waals surface area contributed by atoms with Gasteiger partial charge in [0.05, 0.1) is 12.1 Å². The van der Waals surface area contributed by atoms with E-state index in [-0.39, 0.29) is 12.3 Å². The second-order valence-electron chi connectivity index (χ2n) is 6.84. The van der Waals surface area contributed by atoms with Crippen molar-refractivity contribution in [3.63, 3.8) is 0 Å². The van der Waals surface area contributed by atoms with Gasteiger partial charge >= 0.3 is 5.97 Å². The minimum Gasteiger partial charge on any atom is -0.426 e. The molecule has 1 aliphatic heterocycles. The predicted octanol–water partition coefficient (Wildman–Crippen LogP) is 4.66. The first-order valence-corrected chi connectivity index (χ1v) is 10.6. The Balaban J connectivity index is 1.45. The maximum absolute atomic E-state index is 12.5. The fourth-order valence-corrected chi connectivity index (χ4v) is 4.32. The zero-order chi connectivity index (χ0) is 20.2. The third kappa shape index (κ3) is 4.83. The summed E-state index contributed by atoms with van der Waals surface area (Å²) in [6.45, 7) is 0.684. The molecule has 0 saturated carbocycles. The molecule has 148 valence electrons. The average Bonchev–Trinajstić information content (AvgIpc) is 3.33. The lowest BCUT2D eigenvalue weighted by molar-refractivity contribution is -0.133. The highest BCUT2D eigenvalue weighted by atomic mass is 35.5. The van der Waals surface area contributed by atoms with Crippen LogP contribution in [-0.4, -0.2) is 23.4 Å². The van der Waals surface area contributed by atoms with Gasteiger partial charge in [0.1, 0.15) is 5.75 Å². The normalized spacial score (nSPS) is 13.7. The molecule has 5 nitrogen and oxygen atoms in total. The van der Waals surface area contributed by atoms with Crippen molar-refractivity contribution in [3.8, 4) is 5.75 Å². The molecular formula is C22H19ClN2O3S. The number of anilines is 1. The van der Waals surface area contributed by atoms with E-state index in [1.54, 1.807) is 22.4 Å². The minimum absolute atomic E-state index is 0.0476. The zero-order valence-electron chi connectivity index (χ0n) is 15.6. The Hall–Kier alpha value is -2.70. The summed E-state index contributed by atoms with van der Waals surface area (Å²) in [5, 5.41) is 3.04. The quantitative estimate of drug-likeness (QED) is 0.424. The molecule has 3 aromatic rings. The summed E-state index contributed by atoms with van der Waals surface area (Å²) in [4.78, 5) is 30.5. The van der Waals surface area contributed by atoms with Gasteiger partial charge in [-0.1, -0.05) is 41.9 Å². The van der Waals surface area contributed by atoms with Crippen LogP contribution < -0.4 is 9.64 Å². The van der Waals surface area contributed by atoms with Crippen molar-refractivity contribution >= 4 is 39.9 Å². The third-order valence-electron chi connectivity index (χ3n) is 4.65. The maximum Gasteiger partial charge on any atom is 0.317 e. The number of benzene rings is 2. The molecular weight excluding hydrogens is 408 g/mol. The largest absolute Gasteiger partial charge is 0.426 e. The third-order valence-corrected chi connectivity index (χ3v) is 5.80. The lowest BCUT2D eigenvalue weighted by Crippen LogP contribution is -2.23.